The van der Waals surface area contributed by atoms with Gasteiger partial charge in [-0.25, -0.2) is 4.98 Å². The lowest BCUT2D eigenvalue weighted by Gasteiger charge is -2.29. The van der Waals surface area contributed by atoms with Crippen molar-refractivity contribution in [1.82, 2.24) is 4.98 Å². The van der Waals surface area contributed by atoms with E-state index >= 15 is 0 Å². The maximum absolute atomic E-state index is 13.1. The van der Waals surface area contributed by atoms with Crippen LogP contribution in [0.4, 0.5) is 10.7 Å². The molecule has 2 aromatic rings. The summed E-state index contributed by atoms with van der Waals surface area (Å²) in [5.74, 6) is -0.124. The van der Waals surface area contributed by atoms with Crippen molar-refractivity contribution in [2.24, 2.45) is 0 Å². The van der Waals surface area contributed by atoms with Crippen LogP contribution in [-0.4, -0.2) is 21.7 Å². The number of carbonyl (C=O) groups excluding carboxylic acids is 2. The van der Waals surface area contributed by atoms with E-state index in [0.29, 0.717) is 12.8 Å². The number of hydrogen-bond acceptors (Lipinski definition) is 5. The molecule has 1 saturated heterocycles. The van der Waals surface area contributed by atoms with Crippen LogP contribution in [0.25, 0.3) is 0 Å². The molecule has 0 saturated carbocycles. The summed E-state index contributed by atoms with van der Waals surface area (Å²) in [5.41, 5.74) is 3.46. The van der Waals surface area contributed by atoms with Gasteiger partial charge >= 0.3 is 0 Å². The highest BCUT2D eigenvalue weighted by molar-refractivity contribution is 8.02. The molecule has 1 atom stereocenters. The Bertz CT molecular complexity index is 804. The maximum Gasteiger partial charge on any atom is 0.262 e. The molecule has 1 fully saturated rings. The van der Waals surface area contributed by atoms with Crippen molar-refractivity contribution in [2.75, 3.05) is 10.2 Å². The first-order chi connectivity index (χ1) is 11.2. The minimum atomic E-state index is -0.865. The molecule has 2 aliphatic rings. The molecule has 4 rings (SSSR count). The van der Waals surface area contributed by atoms with Crippen LogP contribution in [-0.2, 0) is 16.0 Å². The van der Waals surface area contributed by atoms with Crippen molar-refractivity contribution in [2.45, 2.75) is 36.0 Å². The highest BCUT2D eigenvalue weighted by atomic mass is 32.2. The third-order valence-electron chi connectivity index (χ3n) is 4.23. The predicted molar refractivity (Wildman–Crippen MR) is 91.9 cm³/mol. The minimum absolute atomic E-state index is 0.0117. The quantitative estimate of drug-likeness (QED) is 0.927. The Morgan fingerprint density at radius 1 is 1.43 bits per heavy atom. The van der Waals surface area contributed by atoms with Gasteiger partial charge in [-0.1, -0.05) is 30.8 Å². The number of aromatic nitrogens is 1. The van der Waals surface area contributed by atoms with Crippen LogP contribution in [0.15, 0.2) is 34.7 Å². The van der Waals surface area contributed by atoms with Gasteiger partial charge in [-0.2, -0.15) is 0 Å². The molecule has 23 heavy (non-hydrogen) atoms. The van der Waals surface area contributed by atoms with Gasteiger partial charge in [0.2, 0.25) is 5.91 Å². The van der Waals surface area contributed by atoms with Gasteiger partial charge in [0.15, 0.2) is 4.87 Å². The second kappa shape index (κ2) is 5.35. The largest absolute Gasteiger partial charge is 0.313 e. The highest BCUT2D eigenvalue weighted by Crippen LogP contribution is 2.56. The molecule has 2 aliphatic heterocycles. The Balaban J connectivity index is 1.70. The molecule has 118 valence electrons. The first kappa shape index (κ1) is 14.7. The number of hydrogen-bond donors (Lipinski definition) is 1. The molecule has 3 heterocycles. The second-order valence-electron chi connectivity index (χ2n) is 5.52. The van der Waals surface area contributed by atoms with Gasteiger partial charge in [0.25, 0.3) is 5.91 Å². The van der Waals surface area contributed by atoms with Gasteiger partial charge < -0.3 is 5.32 Å². The number of fused-ring (bicyclic) bond motifs is 3. The minimum Gasteiger partial charge on any atom is -0.313 e. The summed E-state index contributed by atoms with van der Waals surface area (Å²) in [6, 6.07) is 7.70. The number of anilines is 2. The SMILES string of the molecule is CCc1ncsc1NC(=O)C12CCC(=O)N1c1ccccc1S2. The van der Waals surface area contributed by atoms with Gasteiger partial charge in [0.1, 0.15) is 5.00 Å². The highest BCUT2D eigenvalue weighted by Gasteiger charge is 2.57. The number of carbonyl (C=O) groups is 2. The van der Waals surface area contributed by atoms with Crippen LogP contribution in [0.2, 0.25) is 0 Å². The number of aryl methyl sites for hydroxylation is 1. The van der Waals surface area contributed by atoms with Crippen LogP contribution in [0, 0.1) is 0 Å². The molecule has 1 N–H and O–H groups in total. The van der Waals surface area contributed by atoms with E-state index in [1.165, 1.54) is 23.1 Å². The molecule has 7 heteroatoms. The fourth-order valence-electron chi connectivity index (χ4n) is 3.12. The summed E-state index contributed by atoms with van der Waals surface area (Å²) in [6.07, 6.45) is 1.69. The number of thiazole rings is 1. The Morgan fingerprint density at radius 2 is 2.26 bits per heavy atom. The number of para-hydroxylation sites is 1. The number of nitrogens with one attached hydrogen (secondary N) is 1. The lowest BCUT2D eigenvalue weighted by atomic mass is 10.2. The number of amides is 2. The van der Waals surface area contributed by atoms with E-state index in [1.54, 1.807) is 10.4 Å². The van der Waals surface area contributed by atoms with Crippen LogP contribution in [0.1, 0.15) is 25.5 Å². The number of thioether (sulfide) groups is 1. The zero-order valence-electron chi connectivity index (χ0n) is 12.5. The molecule has 0 bridgehead atoms. The number of nitrogens with zero attached hydrogens (tertiary/aromatic N) is 2. The summed E-state index contributed by atoms with van der Waals surface area (Å²) in [4.78, 5) is 31.5. The molecule has 0 aliphatic carbocycles. The van der Waals surface area contributed by atoms with Gasteiger partial charge in [0.05, 0.1) is 16.9 Å². The Labute approximate surface area is 142 Å². The Hall–Kier alpha value is -1.86. The summed E-state index contributed by atoms with van der Waals surface area (Å²) >= 11 is 2.90. The van der Waals surface area contributed by atoms with Crippen molar-refractivity contribution >= 4 is 45.6 Å². The third kappa shape index (κ3) is 2.10. The molecule has 2 amide bonds. The Morgan fingerprint density at radius 3 is 3.09 bits per heavy atom. The second-order valence-corrected chi connectivity index (χ2v) is 7.69. The van der Waals surface area contributed by atoms with Crippen molar-refractivity contribution in [1.29, 1.82) is 0 Å². The fraction of sp³-hybridized carbons (Fsp3) is 0.312. The van der Waals surface area contributed by atoms with Crippen molar-refractivity contribution < 1.29 is 9.59 Å². The van der Waals surface area contributed by atoms with Crippen molar-refractivity contribution in [3.8, 4) is 0 Å². The first-order valence-electron chi connectivity index (χ1n) is 7.50. The molecular weight excluding hydrogens is 330 g/mol. The topological polar surface area (TPSA) is 62.3 Å². The van der Waals surface area contributed by atoms with E-state index in [-0.39, 0.29) is 11.8 Å². The van der Waals surface area contributed by atoms with E-state index in [0.717, 1.165) is 27.7 Å². The third-order valence-corrected chi connectivity index (χ3v) is 6.49. The standard InChI is InChI=1S/C16H15N3O2S2/c1-2-10-14(22-9-17-10)18-15(21)16-8-7-13(20)19(16)11-5-3-4-6-12(11)23-16/h3-6,9H,2,7-8H2,1H3,(H,18,21). The van der Waals surface area contributed by atoms with Gasteiger partial charge in [-0.15, -0.1) is 11.3 Å². The molecule has 1 aromatic heterocycles. The van der Waals surface area contributed by atoms with Crippen LogP contribution in [0.5, 0.6) is 0 Å². The van der Waals surface area contributed by atoms with Gasteiger partial charge in [-0.3, -0.25) is 14.5 Å². The van der Waals surface area contributed by atoms with E-state index in [2.05, 4.69) is 10.3 Å². The van der Waals surface area contributed by atoms with Crippen molar-refractivity contribution in [3.05, 3.63) is 35.5 Å². The average molecular weight is 345 g/mol. The van der Waals surface area contributed by atoms with Crippen molar-refractivity contribution in [3.63, 3.8) is 0 Å². The van der Waals surface area contributed by atoms with E-state index in [9.17, 15) is 9.59 Å². The number of benzene rings is 1. The first-order valence-corrected chi connectivity index (χ1v) is 9.20. The van der Waals surface area contributed by atoms with Crippen LogP contribution in [0.3, 0.4) is 0 Å². The number of rotatable bonds is 3. The predicted octanol–water partition coefficient (Wildman–Crippen LogP) is 3.27. The van der Waals surface area contributed by atoms with E-state index in [4.69, 9.17) is 0 Å². The summed E-state index contributed by atoms with van der Waals surface area (Å²) < 4.78 is 0. The molecule has 1 aromatic carbocycles. The molecular formula is C16H15N3O2S2. The summed E-state index contributed by atoms with van der Waals surface area (Å²) in [5, 5.41) is 3.78. The van der Waals surface area contributed by atoms with Crippen LogP contribution >= 0.6 is 23.1 Å². The lowest BCUT2D eigenvalue weighted by Crippen LogP contribution is -2.49. The summed E-state index contributed by atoms with van der Waals surface area (Å²) in [7, 11) is 0. The Kier molecular flexibility index (Phi) is 3.42. The normalized spacial score (nSPS) is 22.1. The average Bonchev–Trinajstić information content (AvgIpc) is 3.21. The molecule has 0 spiro atoms. The summed E-state index contributed by atoms with van der Waals surface area (Å²) in [6.45, 7) is 2.01. The van der Waals surface area contributed by atoms with Gasteiger partial charge in [0, 0.05) is 11.3 Å². The molecule has 1 unspecified atom stereocenters. The zero-order chi connectivity index (χ0) is 16.0. The van der Waals surface area contributed by atoms with Gasteiger partial charge in [-0.05, 0) is 25.0 Å². The monoisotopic (exact) mass is 345 g/mol. The smallest absolute Gasteiger partial charge is 0.262 e. The lowest BCUT2D eigenvalue weighted by molar-refractivity contribution is -0.121. The zero-order valence-corrected chi connectivity index (χ0v) is 14.2. The molecule has 5 nitrogen and oxygen atoms in total. The fourth-order valence-corrected chi connectivity index (χ4v) is 5.31. The maximum atomic E-state index is 13.1. The van der Waals surface area contributed by atoms with E-state index in [1.807, 2.05) is 31.2 Å². The van der Waals surface area contributed by atoms with E-state index < -0.39 is 4.87 Å². The van der Waals surface area contributed by atoms with Crippen LogP contribution < -0.4 is 10.2 Å². The molecule has 0 radical (unpaired) electrons.